The third kappa shape index (κ3) is 23.0. The van der Waals surface area contributed by atoms with E-state index in [2.05, 4.69) is 13.8 Å². The van der Waals surface area contributed by atoms with Crippen LogP contribution in [0.15, 0.2) is 0 Å². The maximum absolute atomic E-state index is 12.2. The van der Waals surface area contributed by atoms with Crippen molar-refractivity contribution in [2.45, 2.75) is 97.0 Å². The second-order valence-electron chi connectivity index (χ2n) is 9.71. The second-order valence-corrected chi connectivity index (χ2v) is 11.1. The number of carbonyl (C=O) groups excluding carboxylic acids is 1. The van der Waals surface area contributed by atoms with Crippen molar-refractivity contribution >= 4 is 13.8 Å². The number of hydrogen-bond acceptors (Lipinski definition) is 7. The standard InChI is InChI=1S/C24H50NO7P/c1-6-8-10-12-13-14-16-19-29-21-23(32-24(26)17-15-11-9-7-2)22-31-33(27,28)30-20-18-25(3,4)5/h23H,6-22H2,1-5H3. The lowest BCUT2D eigenvalue weighted by molar-refractivity contribution is -0.870. The SMILES string of the molecule is CCCCCCCCCOCC(COP(=O)([O-])OCC[N+](C)(C)C)OC(=O)CCCCCC. The molecule has 0 aliphatic heterocycles. The molecule has 0 amide bonds. The molecule has 8 nitrogen and oxygen atoms in total. The fourth-order valence-corrected chi connectivity index (χ4v) is 3.80. The van der Waals surface area contributed by atoms with Crippen molar-refractivity contribution in [2.24, 2.45) is 0 Å². The second kappa shape index (κ2) is 19.8. The van der Waals surface area contributed by atoms with Gasteiger partial charge in [-0.25, -0.2) is 0 Å². The van der Waals surface area contributed by atoms with Crippen molar-refractivity contribution in [3.05, 3.63) is 0 Å². The lowest BCUT2D eigenvalue weighted by atomic mass is 10.1. The molecule has 0 rings (SSSR count). The minimum absolute atomic E-state index is 0.0287. The molecule has 9 heteroatoms. The van der Waals surface area contributed by atoms with E-state index in [4.69, 9.17) is 18.5 Å². The van der Waals surface area contributed by atoms with E-state index < -0.39 is 13.9 Å². The molecule has 0 fully saturated rings. The number of nitrogens with zero attached hydrogens (tertiary/aromatic N) is 1. The first kappa shape index (κ1) is 32.5. The summed E-state index contributed by atoms with van der Waals surface area (Å²) in [5, 5.41) is 0. The Balaban J connectivity index is 4.41. The van der Waals surface area contributed by atoms with E-state index in [-0.39, 0.29) is 25.8 Å². The van der Waals surface area contributed by atoms with E-state index in [0.717, 1.165) is 38.5 Å². The van der Waals surface area contributed by atoms with Gasteiger partial charge in [-0.05, 0) is 12.8 Å². The Morgan fingerprint density at radius 1 is 0.818 bits per heavy atom. The molecule has 0 spiro atoms. The molecule has 0 aliphatic carbocycles. The van der Waals surface area contributed by atoms with Crippen LogP contribution in [0, 0.1) is 0 Å². The van der Waals surface area contributed by atoms with Gasteiger partial charge in [-0.2, -0.15) is 0 Å². The van der Waals surface area contributed by atoms with Gasteiger partial charge >= 0.3 is 5.97 Å². The Morgan fingerprint density at radius 2 is 1.39 bits per heavy atom. The third-order valence-corrected chi connectivity index (χ3v) is 6.12. The smallest absolute Gasteiger partial charge is 0.306 e. The highest BCUT2D eigenvalue weighted by Crippen LogP contribution is 2.38. The molecule has 0 N–H and O–H groups in total. The molecule has 0 radical (unpaired) electrons. The lowest BCUT2D eigenvalue weighted by Gasteiger charge is -2.28. The summed E-state index contributed by atoms with van der Waals surface area (Å²) in [4.78, 5) is 24.2. The van der Waals surface area contributed by atoms with E-state index in [9.17, 15) is 14.3 Å². The quantitative estimate of drug-likeness (QED) is 0.0866. The average molecular weight is 496 g/mol. The van der Waals surface area contributed by atoms with Crippen LogP contribution in [0.2, 0.25) is 0 Å². The van der Waals surface area contributed by atoms with Crippen LogP contribution in [-0.2, 0) is 27.9 Å². The van der Waals surface area contributed by atoms with Crippen LogP contribution in [0.1, 0.15) is 90.9 Å². The molecule has 2 atom stereocenters. The van der Waals surface area contributed by atoms with Crippen LogP contribution in [0.5, 0.6) is 0 Å². The van der Waals surface area contributed by atoms with E-state index in [1.807, 2.05) is 21.1 Å². The molecule has 0 aliphatic rings. The number of phosphoric acid groups is 1. The zero-order valence-electron chi connectivity index (χ0n) is 21.9. The molecule has 198 valence electrons. The topological polar surface area (TPSA) is 94.1 Å². The highest BCUT2D eigenvalue weighted by atomic mass is 31.2. The maximum atomic E-state index is 12.2. The number of rotatable bonds is 23. The predicted molar refractivity (Wildman–Crippen MR) is 130 cm³/mol. The predicted octanol–water partition coefficient (Wildman–Crippen LogP) is 4.84. The Labute approximate surface area is 202 Å². The lowest BCUT2D eigenvalue weighted by Crippen LogP contribution is -2.37. The molecule has 0 saturated carbocycles. The maximum Gasteiger partial charge on any atom is 0.306 e. The van der Waals surface area contributed by atoms with Gasteiger partial charge in [0.05, 0.1) is 34.4 Å². The summed E-state index contributed by atoms with van der Waals surface area (Å²) in [6.45, 7) is 5.22. The first-order valence-electron chi connectivity index (χ1n) is 12.8. The van der Waals surface area contributed by atoms with Crippen molar-refractivity contribution < 1.29 is 37.3 Å². The van der Waals surface area contributed by atoms with Crippen molar-refractivity contribution in [1.29, 1.82) is 0 Å². The molecule has 0 bridgehead atoms. The molecule has 33 heavy (non-hydrogen) atoms. The fourth-order valence-electron chi connectivity index (χ4n) is 3.07. The highest BCUT2D eigenvalue weighted by molar-refractivity contribution is 7.45. The minimum atomic E-state index is -4.48. The number of phosphoric ester groups is 1. The van der Waals surface area contributed by atoms with Crippen LogP contribution in [0.3, 0.4) is 0 Å². The van der Waals surface area contributed by atoms with Gasteiger partial charge in [0, 0.05) is 13.0 Å². The highest BCUT2D eigenvalue weighted by Gasteiger charge is 2.20. The van der Waals surface area contributed by atoms with E-state index in [0.29, 0.717) is 24.1 Å². The molecule has 2 unspecified atom stereocenters. The number of unbranched alkanes of at least 4 members (excludes halogenated alkanes) is 9. The van der Waals surface area contributed by atoms with Crippen LogP contribution >= 0.6 is 7.82 Å². The molecule has 0 aromatic heterocycles. The molecule has 0 aromatic rings. The van der Waals surface area contributed by atoms with Gasteiger partial charge < -0.3 is 27.9 Å². The van der Waals surface area contributed by atoms with Gasteiger partial charge in [-0.15, -0.1) is 0 Å². The van der Waals surface area contributed by atoms with Gasteiger partial charge in [-0.3, -0.25) is 9.36 Å². The van der Waals surface area contributed by atoms with Crippen LogP contribution in [0.25, 0.3) is 0 Å². The van der Waals surface area contributed by atoms with Gasteiger partial charge in [0.1, 0.15) is 19.3 Å². The zero-order valence-corrected chi connectivity index (χ0v) is 22.7. The summed E-state index contributed by atoms with van der Waals surface area (Å²) in [5.74, 6) is -0.356. The number of carbonyl (C=O) groups is 1. The van der Waals surface area contributed by atoms with Gasteiger partial charge in [-0.1, -0.05) is 71.6 Å². The normalized spacial score (nSPS) is 14.7. The van der Waals surface area contributed by atoms with E-state index >= 15 is 0 Å². The Morgan fingerprint density at radius 3 is 2.00 bits per heavy atom. The van der Waals surface area contributed by atoms with E-state index in [1.165, 1.54) is 32.1 Å². The average Bonchev–Trinajstić information content (AvgIpc) is 2.72. The Hall–Kier alpha value is -0.500. The van der Waals surface area contributed by atoms with Gasteiger partial charge in [0.2, 0.25) is 0 Å². The van der Waals surface area contributed by atoms with Gasteiger partial charge in [0.15, 0.2) is 0 Å². The molecular formula is C24H50NO7P. The number of hydrogen-bond donors (Lipinski definition) is 0. The zero-order chi connectivity index (χ0) is 25.0. The summed E-state index contributed by atoms with van der Waals surface area (Å²) in [6, 6.07) is 0. The van der Waals surface area contributed by atoms with Crippen LogP contribution < -0.4 is 4.89 Å². The van der Waals surface area contributed by atoms with Gasteiger partial charge in [0.25, 0.3) is 7.82 Å². The molecule has 0 heterocycles. The Bertz CT molecular complexity index is 525. The molecule has 0 aromatic carbocycles. The minimum Gasteiger partial charge on any atom is -0.756 e. The number of ether oxygens (including phenoxy) is 2. The third-order valence-electron chi connectivity index (χ3n) is 5.16. The number of likely N-dealkylation sites (N-methyl/N-ethyl adjacent to an activating group) is 1. The fraction of sp³-hybridized carbons (Fsp3) is 0.958. The largest absolute Gasteiger partial charge is 0.756 e. The van der Waals surface area contributed by atoms with Crippen molar-refractivity contribution in [3.63, 3.8) is 0 Å². The number of quaternary nitrogens is 1. The van der Waals surface area contributed by atoms with Crippen molar-refractivity contribution in [3.8, 4) is 0 Å². The van der Waals surface area contributed by atoms with Crippen LogP contribution in [-0.4, -0.2) is 70.7 Å². The van der Waals surface area contributed by atoms with E-state index in [1.54, 1.807) is 0 Å². The summed E-state index contributed by atoms with van der Waals surface area (Å²) >= 11 is 0. The van der Waals surface area contributed by atoms with Crippen LogP contribution in [0.4, 0.5) is 0 Å². The first-order valence-corrected chi connectivity index (χ1v) is 14.2. The monoisotopic (exact) mass is 495 g/mol. The van der Waals surface area contributed by atoms with Crippen molar-refractivity contribution in [1.82, 2.24) is 0 Å². The Kier molecular flexibility index (Phi) is 19.5. The molecule has 0 saturated heterocycles. The number of esters is 1. The summed E-state index contributed by atoms with van der Waals surface area (Å²) in [7, 11) is 1.35. The molecular weight excluding hydrogens is 445 g/mol. The summed E-state index contributed by atoms with van der Waals surface area (Å²) in [5.41, 5.74) is 0. The van der Waals surface area contributed by atoms with Crippen molar-refractivity contribution in [2.75, 3.05) is 54.1 Å². The summed E-state index contributed by atoms with van der Waals surface area (Å²) in [6.07, 6.45) is 11.7. The summed E-state index contributed by atoms with van der Waals surface area (Å²) < 4.78 is 33.7. The first-order chi connectivity index (χ1) is 15.6.